The van der Waals surface area contributed by atoms with Gasteiger partial charge in [-0.2, -0.15) is 13.5 Å². The van der Waals surface area contributed by atoms with E-state index in [1.165, 1.54) is 7.11 Å². The molecule has 4 heterocycles. The maximum Gasteiger partial charge on any atom is 0.336 e. The summed E-state index contributed by atoms with van der Waals surface area (Å²) in [6.45, 7) is 3.46. The number of hydrogen-bond acceptors (Lipinski definition) is 8. The molecule has 3 N–H and O–H groups in total. The summed E-state index contributed by atoms with van der Waals surface area (Å²) in [5.74, 6) is 0.0689. The number of carbonyl (C=O) groups is 1. The van der Waals surface area contributed by atoms with Crippen molar-refractivity contribution in [1.29, 1.82) is 0 Å². The van der Waals surface area contributed by atoms with Gasteiger partial charge in [0.05, 0.1) is 54.2 Å². The fourth-order valence-corrected chi connectivity index (χ4v) is 5.01. The third-order valence-corrected chi connectivity index (χ3v) is 7.01. The summed E-state index contributed by atoms with van der Waals surface area (Å²) in [5.41, 5.74) is 4.86. The average molecular weight is 559 g/mol. The zero-order chi connectivity index (χ0) is 26.9. The molecule has 0 saturated carbocycles. The van der Waals surface area contributed by atoms with Crippen LogP contribution in [0.25, 0.3) is 33.3 Å². The van der Waals surface area contributed by atoms with Crippen molar-refractivity contribution >= 4 is 52.8 Å². The molecular formula is C29H30N6O4S. The third kappa shape index (κ3) is 5.13. The van der Waals surface area contributed by atoms with Gasteiger partial charge in [-0.05, 0) is 43.3 Å². The van der Waals surface area contributed by atoms with Crippen LogP contribution in [0.3, 0.4) is 0 Å². The minimum atomic E-state index is -0.636. The summed E-state index contributed by atoms with van der Waals surface area (Å²) < 4.78 is 10.4. The van der Waals surface area contributed by atoms with Crippen molar-refractivity contribution in [3.8, 4) is 11.4 Å². The van der Waals surface area contributed by atoms with Crippen molar-refractivity contribution < 1.29 is 14.3 Å². The van der Waals surface area contributed by atoms with Crippen LogP contribution in [0.1, 0.15) is 18.7 Å². The fourth-order valence-electron chi connectivity index (χ4n) is 5.01. The molecular weight excluding hydrogens is 528 g/mol. The smallest absolute Gasteiger partial charge is 0.336 e. The van der Waals surface area contributed by atoms with Gasteiger partial charge < -0.3 is 29.7 Å². The Kier molecular flexibility index (Phi) is 7.76. The van der Waals surface area contributed by atoms with E-state index < -0.39 is 6.10 Å². The van der Waals surface area contributed by atoms with E-state index in [9.17, 15) is 9.59 Å². The van der Waals surface area contributed by atoms with Gasteiger partial charge in [0.15, 0.2) is 6.10 Å². The Hall–Kier alpha value is -4.35. The standard InChI is InChI=1S/C29H28N6O4.H2S/c1-17(20-8-5-6-12-30-20)31-26-19-7-3-4-9-21(19)34-28(36)25(26)27-32-22-11-10-18(15-23(22)33-27)35-13-14-39-24(16-35)29(37)38-2;/h3-12,15,17,24H,13-14,16H2,1-2H3,(H,32,33)(H2,31,34,36);1H2/t17-,24-;/m0./s1. The topological polar surface area (TPSA) is 125 Å². The maximum absolute atomic E-state index is 13.5. The molecule has 3 aromatic heterocycles. The number of hydrogen-bond donors (Lipinski definition) is 3. The number of pyridine rings is 2. The molecule has 0 spiro atoms. The molecule has 0 aliphatic carbocycles. The molecule has 10 nitrogen and oxygen atoms in total. The summed E-state index contributed by atoms with van der Waals surface area (Å²) in [7, 11) is 1.36. The van der Waals surface area contributed by atoms with Crippen molar-refractivity contribution in [2.75, 3.05) is 37.0 Å². The fraction of sp³-hybridized carbons (Fsp3) is 0.241. The van der Waals surface area contributed by atoms with Gasteiger partial charge in [0.2, 0.25) is 0 Å². The first-order valence-electron chi connectivity index (χ1n) is 12.8. The van der Waals surface area contributed by atoms with Crippen molar-refractivity contribution in [3.05, 3.63) is 82.9 Å². The number of imidazole rings is 1. The van der Waals surface area contributed by atoms with Crippen LogP contribution in [-0.2, 0) is 14.3 Å². The van der Waals surface area contributed by atoms with E-state index in [2.05, 4.69) is 25.2 Å². The second-order valence-corrected chi connectivity index (χ2v) is 9.49. The molecule has 1 aliphatic rings. The van der Waals surface area contributed by atoms with Gasteiger partial charge >= 0.3 is 5.97 Å². The van der Waals surface area contributed by atoms with Gasteiger partial charge in [-0.3, -0.25) is 9.78 Å². The lowest BCUT2D eigenvalue weighted by molar-refractivity contribution is -0.154. The molecule has 0 bridgehead atoms. The largest absolute Gasteiger partial charge is 0.467 e. The Morgan fingerprint density at radius 2 is 1.95 bits per heavy atom. The number of aromatic amines is 2. The monoisotopic (exact) mass is 558 g/mol. The van der Waals surface area contributed by atoms with Crippen molar-refractivity contribution in [2.24, 2.45) is 0 Å². The third-order valence-electron chi connectivity index (χ3n) is 7.01. The van der Waals surface area contributed by atoms with Gasteiger partial charge in [-0.15, -0.1) is 0 Å². The molecule has 0 unspecified atom stereocenters. The van der Waals surface area contributed by atoms with E-state index in [4.69, 9.17) is 14.5 Å². The molecule has 1 saturated heterocycles. The second kappa shape index (κ2) is 11.4. The molecule has 1 aliphatic heterocycles. The lowest BCUT2D eigenvalue weighted by Crippen LogP contribution is -2.46. The molecule has 0 amide bonds. The summed E-state index contributed by atoms with van der Waals surface area (Å²) in [6.07, 6.45) is 1.12. The quantitative estimate of drug-likeness (QED) is 0.266. The molecule has 2 aromatic carbocycles. The Balaban J connectivity index is 0.00000323. The van der Waals surface area contributed by atoms with Crippen LogP contribution >= 0.6 is 13.5 Å². The molecule has 2 atom stereocenters. The predicted octanol–water partition coefficient (Wildman–Crippen LogP) is 4.13. The van der Waals surface area contributed by atoms with Gasteiger partial charge in [0, 0.05) is 23.8 Å². The molecule has 11 heteroatoms. The summed E-state index contributed by atoms with van der Waals surface area (Å²) in [6, 6.07) is 19.1. The van der Waals surface area contributed by atoms with Crippen molar-refractivity contribution in [1.82, 2.24) is 19.9 Å². The first-order chi connectivity index (χ1) is 19.0. The number of para-hydroxylation sites is 1. The zero-order valence-corrected chi connectivity index (χ0v) is 23.1. The Morgan fingerprint density at radius 1 is 1.12 bits per heavy atom. The van der Waals surface area contributed by atoms with Gasteiger partial charge in [0.1, 0.15) is 11.4 Å². The highest BCUT2D eigenvalue weighted by Gasteiger charge is 2.28. The van der Waals surface area contributed by atoms with E-state index in [1.54, 1.807) is 6.20 Å². The number of benzene rings is 2. The average Bonchev–Trinajstić information content (AvgIpc) is 3.40. The van der Waals surface area contributed by atoms with Crippen LogP contribution in [0.2, 0.25) is 0 Å². The van der Waals surface area contributed by atoms with Crippen LogP contribution < -0.4 is 15.8 Å². The Morgan fingerprint density at radius 3 is 2.75 bits per heavy atom. The lowest BCUT2D eigenvalue weighted by Gasteiger charge is -2.33. The predicted molar refractivity (Wildman–Crippen MR) is 160 cm³/mol. The van der Waals surface area contributed by atoms with Crippen LogP contribution in [0.5, 0.6) is 0 Å². The maximum atomic E-state index is 13.5. The number of nitrogens with zero attached hydrogens (tertiary/aromatic N) is 3. The second-order valence-electron chi connectivity index (χ2n) is 9.49. The van der Waals surface area contributed by atoms with E-state index in [1.807, 2.05) is 67.6 Å². The van der Waals surface area contributed by atoms with Crippen LogP contribution in [-0.4, -0.2) is 58.8 Å². The zero-order valence-electron chi connectivity index (χ0n) is 22.1. The Bertz CT molecular complexity index is 1720. The number of nitrogens with one attached hydrogen (secondary N) is 3. The number of fused-ring (bicyclic) bond motifs is 2. The summed E-state index contributed by atoms with van der Waals surface area (Å²) in [4.78, 5) is 43.2. The highest BCUT2D eigenvalue weighted by Crippen LogP contribution is 2.34. The number of ether oxygens (including phenoxy) is 2. The van der Waals surface area contributed by atoms with E-state index in [-0.39, 0.29) is 31.1 Å². The first-order valence-corrected chi connectivity index (χ1v) is 12.8. The Labute approximate surface area is 237 Å². The highest BCUT2D eigenvalue weighted by molar-refractivity contribution is 7.59. The molecule has 206 valence electrons. The summed E-state index contributed by atoms with van der Waals surface area (Å²) in [5, 5.41) is 4.40. The highest BCUT2D eigenvalue weighted by atomic mass is 32.1. The number of morpholine rings is 1. The number of anilines is 2. The molecule has 40 heavy (non-hydrogen) atoms. The van der Waals surface area contributed by atoms with Crippen molar-refractivity contribution in [3.63, 3.8) is 0 Å². The SMILES string of the molecule is COC(=O)[C@@H]1CN(c2ccc3nc(-c4c(N[C@@H](C)c5ccccn5)c5ccccc5[nH]c4=O)[nH]c3c2)CCO1.S. The number of esters is 1. The lowest BCUT2D eigenvalue weighted by atomic mass is 10.1. The van der Waals surface area contributed by atoms with Crippen LogP contribution in [0.4, 0.5) is 11.4 Å². The molecule has 5 aromatic rings. The van der Waals surface area contributed by atoms with E-state index >= 15 is 0 Å². The van der Waals surface area contributed by atoms with Gasteiger partial charge in [-0.25, -0.2) is 9.78 Å². The molecule has 1 fully saturated rings. The minimum Gasteiger partial charge on any atom is -0.467 e. The van der Waals surface area contributed by atoms with Crippen LogP contribution in [0, 0.1) is 0 Å². The first kappa shape index (κ1) is 27.2. The van der Waals surface area contributed by atoms with Gasteiger partial charge in [0.25, 0.3) is 5.56 Å². The van der Waals surface area contributed by atoms with Crippen molar-refractivity contribution in [2.45, 2.75) is 19.1 Å². The number of aromatic nitrogens is 4. The minimum absolute atomic E-state index is 0. The summed E-state index contributed by atoms with van der Waals surface area (Å²) >= 11 is 0. The molecule has 0 radical (unpaired) electrons. The van der Waals surface area contributed by atoms with E-state index in [0.717, 1.165) is 33.3 Å². The van der Waals surface area contributed by atoms with E-state index in [0.29, 0.717) is 36.8 Å². The normalized spacial score (nSPS) is 15.9. The molecule has 6 rings (SSSR count). The van der Waals surface area contributed by atoms with Gasteiger partial charge in [-0.1, -0.05) is 24.3 Å². The number of rotatable bonds is 6. The number of H-pyrrole nitrogens is 2. The number of carbonyl (C=O) groups excluding carboxylic acids is 1. The number of methoxy groups -OCH3 is 1. The van der Waals surface area contributed by atoms with Crippen LogP contribution in [0.15, 0.2) is 71.7 Å².